The van der Waals surface area contributed by atoms with E-state index in [-0.39, 0.29) is 38.1 Å². The molecule has 4 rings (SSSR count). The largest absolute Gasteiger partial charge is 0.465 e. The number of fused-ring (bicyclic) bond motifs is 1. The van der Waals surface area contributed by atoms with Gasteiger partial charge in [-0.15, -0.1) is 13.2 Å². The Morgan fingerprint density at radius 1 is 1.32 bits per heavy atom. The zero-order chi connectivity index (χ0) is 27.0. The van der Waals surface area contributed by atoms with Crippen molar-refractivity contribution in [2.24, 2.45) is 11.8 Å². The maximum absolute atomic E-state index is 14.4. The zero-order valence-electron chi connectivity index (χ0n) is 21.5. The van der Waals surface area contributed by atoms with Crippen molar-refractivity contribution in [1.29, 1.82) is 0 Å². The van der Waals surface area contributed by atoms with Crippen LogP contribution in [0, 0.1) is 18.8 Å². The molecule has 1 spiro atoms. The fourth-order valence-corrected chi connectivity index (χ4v) is 6.89. The Bertz CT molecular complexity index is 1090. The maximum Gasteiger partial charge on any atom is 0.312 e. The summed E-state index contributed by atoms with van der Waals surface area (Å²) in [6.07, 6.45) is 5.22. The van der Waals surface area contributed by atoms with Crippen LogP contribution >= 0.6 is 11.6 Å². The van der Waals surface area contributed by atoms with Crippen molar-refractivity contribution in [2.45, 2.75) is 56.8 Å². The molecule has 2 amide bonds. The van der Waals surface area contributed by atoms with Gasteiger partial charge in [-0.25, -0.2) is 0 Å². The predicted octanol–water partition coefficient (Wildman–Crippen LogP) is 3.43. The number of β-amino-alcohol motifs (C(OH)–C–C–N with tert-alkyl or cyclic N) is 1. The summed E-state index contributed by atoms with van der Waals surface area (Å²) in [6, 6.07) is 4.33. The number of halogens is 1. The van der Waals surface area contributed by atoms with Crippen LogP contribution in [-0.2, 0) is 23.9 Å². The molecule has 8 nitrogen and oxygen atoms in total. The topological polar surface area (TPSA) is 96.4 Å². The first-order chi connectivity index (χ1) is 17.7. The lowest BCUT2D eigenvalue weighted by atomic mass is 9.65. The summed E-state index contributed by atoms with van der Waals surface area (Å²) in [5.41, 5.74) is -0.779. The number of benzene rings is 1. The van der Waals surface area contributed by atoms with E-state index in [2.05, 4.69) is 13.2 Å². The van der Waals surface area contributed by atoms with E-state index in [1.807, 2.05) is 19.9 Å². The van der Waals surface area contributed by atoms with Gasteiger partial charge in [0.2, 0.25) is 5.91 Å². The van der Waals surface area contributed by atoms with Crippen molar-refractivity contribution in [2.75, 3.05) is 31.2 Å². The van der Waals surface area contributed by atoms with Gasteiger partial charge in [-0.2, -0.15) is 0 Å². The maximum atomic E-state index is 14.4. The molecule has 3 saturated heterocycles. The number of carbonyl (C=O) groups is 3. The summed E-state index contributed by atoms with van der Waals surface area (Å²) < 4.78 is 12.2. The molecule has 1 aromatic rings. The molecule has 3 fully saturated rings. The van der Waals surface area contributed by atoms with E-state index < -0.39 is 35.0 Å². The van der Waals surface area contributed by atoms with Gasteiger partial charge in [0, 0.05) is 13.1 Å². The Kier molecular flexibility index (Phi) is 7.83. The molecule has 5 atom stereocenters. The number of aliphatic hydroxyl groups is 1. The van der Waals surface area contributed by atoms with Crippen molar-refractivity contribution in [3.63, 3.8) is 0 Å². The molecule has 0 saturated carbocycles. The lowest BCUT2D eigenvalue weighted by Crippen LogP contribution is -2.57. The van der Waals surface area contributed by atoms with E-state index in [0.717, 1.165) is 5.56 Å². The van der Waals surface area contributed by atoms with Crippen LogP contribution in [0.1, 0.15) is 38.2 Å². The first kappa shape index (κ1) is 27.4. The van der Waals surface area contributed by atoms with Crippen molar-refractivity contribution in [3.05, 3.63) is 54.1 Å². The van der Waals surface area contributed by atoms with E-state index in [4.69, 9.17) is 21.1 Å². The van der Waals surface area contributed by atoms with Crippen LogP contribution in [0.5, 0.6) is 0 Å². The summed E-state index contributed by atoms with van der Waals surface area (Å²) in [4.78, 5) is 44.6. The third kappa shape index (κ3) is 4.19. The number of amides is 2. The first-order valence-corrected chi connectivity index (χ1v) is 13.2. The minimum Gasteiger partial charge on any atom is -0.465 e. The highest BCUT2D eigenvalue weighted by atomic mass is 35.5. The second kappa shape index (κ2) is 10.6. The van der Waals surface area contributed by atoms with Crippen molar-refractivity contribution in [1.82, 2.24) is 4.90 Å². The molecule has 0 aromatic heterocycles. The summed E-state index contributed by atoms with van der Waals surface area (Å²) in [6.45, 7) is 11.2. The number of nitrogens with zero attached hydrogens (tertiary/aromatic N) is 2. The van der Waals surface area contributed by atoms with Crippen LogP contribution in [0.15, 0.2) is 43.5 Å². The Morgan fingerprint density at radius 2 is 2.08 bits per heavy atom. The Labute approximate surface area is 222 Å². The highest BCUT2D eigenvalue weighted by Crippen LogP contribution is 2.64. The van der Waals surface area contributed by atoms with E-state index in [0.29, 0.717) is 36.4 Å². The van der Waals surface area contributed by atoms with Gasteiger partial charge in [0.15, 0.2) is 0 Å². The summed E-state index contributed by atoms with van der Waals surface area (Å²) in [5, 5.41) is 10.2. The molecule has 0 aliphatic carbocycles. The van der Waals surface area contributed by atoms with Gasteiger partial charge in [-0.05, 0) is 44.2 Å². The van der Waals surface area contributed by atoms with Crippen molar-refractivity contribution in [3.8, 4) is 0 Å². The number of hydrogen-bond donors (Lipinski definition) is 1. The molecule has 9 heteroatoms. The predicted molar refractivity (Wildman–Crippen MR) is 140 cm³/mol. The number of hydrogen-bond acceptors (Lipinski definition) is 6. The average Bonchev–Trinajstić information content (AvgIpc) is 3.47. The Morgan fingerprint density at radius 3 is 2.70 bits per heavy atom. The van der Waals surface area contributed by atoms with E-state index >= 15 is 0 Å². The fourth-order valence-electron chi connectivity index (χ4n) is 6.57. The number of rotatable bonds is 11. The number of carbonyl (C=O) groups excluding carboxylic acids is 3. The number of ether oxygens (including phenoxy) is 2. The third-order valence-electron chi connectivity index (χ3n) is 8.11. The molecule has 1 N–H and O–H groups in total. The Hall–Kier alpha value is -2.68. The molecular formula is C28H35ClN2O6. The summed E-state index contributed by atoms with van der Waals surface area (Å²) >= 11 is 6.55. The summed E-state index contributed by atoms with van der Waals surface area (Å²) in [7, 11) is 0. The van der Waals surface area contributed by atoms with E-state index in [1.165, 1.54) is 9.80 Å². The molecule has 3 heterocycles. The van der Waals surface area contributed by atoms with Crippen LogP contribution in [0.25, 0.3) is 0 Å². The lowest BCUT2D eigenvalue weighted by Gasteiger charge is -2.37. The molecule has 0 radical (unpaired) electrons. The number of aryl methyl sites for hydroxylation is 1. The monoisotopic (exact) mass is 530 g/mol. The van der Waals surface area contributed by atoms with Gasteiger partial charge >= 0.3 is 5.97 Å². The summed E-state index contributed by atoms with van der Waals surface area (Å²) in [5.74, 6) is -2.96. The molecular weight excluding hydrogens is 496 g/mol. The van der Waals surface area contributed by atoms with Crippen molar-refractivity contribution < 1.29 is 29.0 Å². The smallest absolute Gasteiger partial charge is 0.312 e. The molecule has 3 aliphatic heterocycles. The van der Waals surface area contributed by atoms with Crippen LogP contribution in [-0.4, -0.2) is 71.3 Å². The molecule has 200 valence electrons. The van der Waals surface area contributed by atoms with Crippen LogP contribution in [0.4, 0.5) is 5.69 Å². The van der Waals surface area contributed by atoms with Gasteiger partial charge < -0.3 is 24.4 Å². The third-order valence-corrected chi connectivity index (χ3v) is 8.42. The number of aliphatic hydroxyl groups excluding tert-OH is 1. The quantitative estimate of drug-likeness (QED) is 0.267. The van der Waals surface area contributed by atoms with E-state index in [1.54, 1.807) is 24.3 Å². The van der Waals surface area contributed by atoms with Crippen molar-refractivity contribution >= 4 is 35.1 Å². The molecule has 2 unspecified atom stereocenters. The highest BCUT2D eigenvalue weighted by molar-refractivity contribution is 6.34. The normalized spacial score (nSPS) is 29.8. The van der Waals surface area contributed by atoms with Crippen LogP contribution in [0.3, 0.4) is 0 Å². The van der Waals surface area contributed by atoms with Crippen LogP contribution in [0.2, 0.25) is 5.02 Å². The second-order valence-electron chi connectivity index (χ2n) is 9.98. The molecule has 2 bridgehead atoms. The minimum absolute atomic E-state index is 0.0579. The number of esters is 1. The lowest BCUT2D eigenvalue weighted by molar-refractivity contribution is -0.160. The second-order valence-corrected chi connectivity index (χ2v) is 10.4. The van der Waals surface area contributed by atoms with Gasteiger partial charge in [-0.1, -0.05) is 42.8 Å². The van der Waals surface area contributed by atoms with Gasteiger partial charge in [0.25, 0.3) is 5.91 Å². The zero-order valence-corrected chi connectivity index (χ0v) is 22.2. The van der Waals surface area contributed by atoms with E-state index in [9.17, 15) is 19.5 Å². The van der Waals surface area contributed by atoms with Gasteiger partial charge in [0.1, 0.15) is 17.6 Å². The molecule has 3 aliphatic rings. The number of anilines is 1. The SMILES string of the molecule is C=CCCOC(=O)[C@@H]1[C@H]2C(=O)N(CCO)C(C(=O)N(CC=C)c3c(C)cccc3Cl)C23CC[C@@]1(CC)O3. The average molecular weight is 531 g/mol. The molecule has 1 aromatic carbocycles. The van der Waals surface area contributed by atoms with Crippen LogP contribution < -0.4 is 4.90 Å². The standard InChI is InChI=1S/C28H35ClN2O6/c1-5-8-17-36-26(35)21-20-24(33)31(15-16-32)23(28(20)13-12-27(21,7-3)37-28)25(34)30(14-6-2)22-18(4)10-9-11-19(22)29/h5-6,9-11,20-21,23,32H,1-2,7-8,12-17H2,3-4H3/t20-,21-,23?,27+,28?/m0/s1. The molecule has 37 heavy (non-hydrogen) atoms. The van der Waals surface area contributed by atoms with Gasteiger partial charge in [-0.3, -0.25) is 14.4 Å². The Balaban J connectivity index is 1.80. The number of para-hydroxylation sites is 1. The minimum atomic E-state index is -1.21. The highest BCUT2D eigenvalue weighted by Gasteiger charge is 2.79. The van der Waals surface area contributed by atoms with Gasteiger partial charge in [0.05, 0.1) is 35.4 Å². The first-order valence-electron chi connectivity index (χ1n) is 12.8. The number of likely N-dealkylation sites (tertiary alicyclic amines) is 1. The fraction of sp³-hybridized carbons (Fsp3) is 0.536.